The number of nitrogens with one attached hydrogen (secondary N) is 8. The van der Waals surface area contributed by atoms with Gasteiger partial charge in [-0.25, -0.2) is 9.59 Å². The van der Waals surface area contributed by atoms with E-state index in [2.05, 4.69) is 42.5 Å². The van der Waals surface area contributed by atoms with Crippen molar-refractivity contribution in [1.29, 1.82) is 0 Å². The maximum atomic E-state index is 13.2. The zero-order valence-electron chi connectivity index (χ0n) is 41.9. The topological polar surface area (TPSA) is 374 Å². The van der Waals surface area contributed by atoms with Gasteiger partial charge in [0.15, 0.2) is 0 Å². The van der Waals surface area contributed by atoms with Gasteiger partial charge in [-0.15, -0.1) is 34.0 Å². The van der Waals surface area contributed by atoms with Crippen molar-refractivity contribution < 1.29 is 77.9 Å². The van der Waals surface area contributed by atoms with Crippen LogP contribution in [0.4, 0.5) is 0 Å². The summed E-state index contributed by atoms with van der Waals surface area (Å²) in [6.45, 7) is 1.93. The lowest BCUT2D eigenvalue weighted by atomic mass is 10.0. The van der Waals surface area contributed by atoms with Crippen LogP contribution in [-0.2, 0) is 65.5 Å². The molecular formula is C51H56N8O16S3. The first kappa shape index (κ1) is 60.5. The first-order chi connectivity index (χ1) is 37.1. The van der Waals surface area contributed by atoms with E-state index >= 15 is 0 Å². The molecule has 3 heterocycles. The molecule has 0 aliphatic rings. The van der Waals surface area contributed by atoms with Crippen LogP contribution in [0.2, 0.25) is 0 Å². The molecule has 78 heavy (non-hydrogen) atoms. The van der Waals surface area contributed by atoms with Crippen LogP contribution in [-0.4, -0.2) is 142 Å². The number of thiophene rings is 3. The van der Waals surface area contributed by atoms with Crippen LogP contribution in [0.15, 0.2) is 97.1 Å². The van der Waals surface area contributed by atoms with E-state index in [-0.39, 0.29) is 19.4 Å². The minimum atomic E-state index is -1.77. The standard InChI is InChI=1S/C51H56N8O16S3/c1-26(44(66)56-30(20-28-10-6-4-7-11-28)46(68)58-32(50(71)72)22-42(62)63)54-40(60)24-52-48(70)38-18-16-36(77-38)34-14-15-35(76-34)37-17-19-39(78-37)49(75-3)53-25-41(61)55-27(2)45(67)57-31(21-29-12-8-5-9-13-29)47(69)59-33(51(73)74)23-43(64)65/h4-19,26-27,30-33,49,53H,20-25H2,1-3H3,(H,52,70)(H,54,60)(H,55,61)(H,56,66)(H,57,67)(H,58,68)(H,59,69)(H,62,63)(H,64,65)(H,71,72)(H,73,74)/t26-,27?,30?,31-,32-,33?,49?/m0/s1. The number of methoxy groups -OCH3 is 1. The van der Waals surface area contributed by atoms with E-state index in [0.717, 1.165) is 19.5 Å². The predicted octanol–water partition coefficient (Wildman–Crippen LogP) is 1.72. The number of hydrogen-bond donors (Lipinski definition) is 12. The fourth-order valence-corrected chi connectivity index (χ4v) is 10.4. The van der Waals surface area contributed by atoms with Gasteiger partial charge in [-0.3, -0.25) is 48.5 Å². The van der Waals surface area contributed by atoms with Gasteiger partial charge in [-0.05, 0) is 61.4 Å². The lowest BCUT2D eigenvalue weighted by Crippen LogP contribution is -2.56. The Morgan fingerprint density at radius 1 is 0.474 bits per heavy atom. The third-order valence-corrected chi connectivity index (χ3v) is 14.9. The van der Waals surface area contributed by atoms with Gasteiger partial charge in [0.05, 0.1) is 30.8 Å². The number of carboxylic acid groups (broad SMARTS) is 4. The highest BCUT2D eigenvalue weighted by Gasteiger charge is 2.32. The second-order valence-electron chi connectivity index (χ2n) is 17.3. The van der Waals surface area contributed by atoms with Gasteiger partial charge in [0.1, 0.15) is 42.5 Å². The second-order valence-corrected chi connectivity index (χ2v) is 20.6. The Bertz CT molecular complexity index is 2970. The highest BCUT2D eigenvalue weighted by Crippen LogP contribution is 2.41. The zero-order chi connectivity index (χ0) is 57.1. The molecule has 7 atom stereocenters. The van der Waals surface area contributed by atoms with Crippen molar-refractivity contribution in [1.82, 2.24) is 42.5 Å². The Hall–Kier alpha value is -8.37. The SMILES string of the molecule is COC(NCC(=O)NC(C)C(=O)N[C@@H](Cc1ccccc1)C(=O)NC(CC(=O)O)C(=O)O)c1ccc(-c2ccc(-c3ccc(C(=O)NCC(=O)N[C@@H](C)C(=O)NC(Cc4ccccc4)C(=O)N[C@@H](CC(=O)O)C(=O)O)s3)s2)s1. The Kier molecular flexibility index (Phi) is 22.7. The van der Waals surface area contributed by atoms with E-state index in [1.54, 1.807) is 72.8 Å². The fourth-order valence-electron chi connectivity index (χ4n) is 7.28. The molecule has 0 radical (unpaired) electrons. The van der Waals surface area contributed by atoms with Crippen LogP contribution in [0.25, 0.3) is 19.5 Å². The molecule has 27 heteroatoms. The van der Waals surface area contributed by atoms with E-state index in [1.807, 2.05) is 24.3 Å². The van der Waals surface area contributed by atoms with Crippen LogP contribution in [0.1, 0.15) is 58.6 Å². The molecule has 3 aromatic heterocycles. The van der Waals surface area contributed by atoms with Crippen molar-refractivity contribution in [3.8, 4) is 19.5 Å². The lowest BCUT2D eigenvalue weighted by molar-refractivity contribution is -0.147. The molecule has 0 spiro atoms. The molecule has 7 amide bonds. The van der Waals surface area contributed by atoms with Gasteiger partial charge in [0.2, 0.25) is 35.4 Å². The number of ether oxygens (including phenoxy) is 1. The smallest absolute Gasteiger partial charge is 0.326 e. The van der Waals surface area contributed by atoms with Crippen molar-refractivity contribution >= 4 is 99.2 Å². The van der Waals surface area contributed by atoms with Crippen LogP contribution < -0.4 is 42.5 Å². The highest BCUT2D eigenvalue weighted by atomic mass is 32.1. The molecule has 12 N–H and O–H groups in total. The third-order valence-electron chi connectivity index (χ3n) is 11.3. The van der Waals surface area contributed by atoms with Gasteiger partial charge in [0.25, 0.3) is 5.91 Å². The first-order valence-corrected chi connectivity index (χ1v) is 26.2. The summed E-state index contributed by atoms with van der Waals surface area (Å²) in [5, 5.41) is 56.9. The molecule has 0 aliphatic carbocycles. The number of carboxylic acids is 4. The van der Waals surface area contributed by atoms with E-state index < -0.39 is 127 Å². The molecule has 5 aromatic rings. The maximum absolute atomic E-state index is 13.2. The lowest BCUT2D eigenvalue weighted by Gasteiger charge is -2.23. The fraction of sp³-hybridized carbons (Fsp3) is 0.314. The number of hydrogen-bond acceptors (Lipinski definition) is 16. The van der Waals surface area contributed by atoms with Crippen molar-refractivity contribution in [3.63, 3.8) is 0 Å². The average molecular weight is 1130 g/mol. The van der Waals surface area contributed by atoms with E-state index in [1.165, 1.54) is 55.0 Å². The van der Waals surface area contributed by atoms with Gasteiger partial charge in [-0.2, -0.15) is 0 Å². The summed E-state index contributed by atoms with van der Waals surface area (Å²) in [6, 6.07) is 19.2. The molecular weight excluding hydrogens is 1080 g/mol. The Labute approximate surface area is 457 Å². The third kappa shape index (κ3) is 18.7. The van der Waals surface area contributed by atoms with E-state index in [0.29, 0.717) is 20.9 Å². The second kappa shape index (κ2) is 29.2. The monoisotopic (exact) mass is 1130 g/mol. The summed E-state index contributed by atoms with van der Waals surface area (Å²) in [6.07, 6.45) is -2.69. The summed E-state index contributed by atoms with van der Waals surface area (Å²) >= 11 is 4.02. The van der Waals surface area contributed by atoms with Gasteiger partial charge in [-0.1, -0.05) is 60.7 Å². The molecule has 24 nitrogen and oxygen atoms in total. The number of aliphatic carboxylic acids is 4. The number of benzene rings is 2. The summed E-state index contributed by atoms with van der Waals surface area (Å²) in [4.78, 5) is 142. The normalized spacial score (nSPS) is 13.6. The summed E-state index contributed by atoms with van der Waals surface area (Å²) in [5.41, 5.74) is 1.22. The molecule has 414 valence electrons. The van der Waals surface area contributed by atoms with Gasteiger partial charge < -0.3 is 62.4 Å². The predicted molar refractivity (Wildman–Crippen MR) is 284 cm³/mol. The molecule has 0 saturated carbocycles. The number of amides is 7. The Morgan fingerprint density at radius 2 is 0.885 bits per heavy atom. The Morgan fingerprint density at radius 3 is 1.33 bits per heavy atom. The van der Waals surface area contributed by atoms with Crippen molar-refractivity contribution in [2.24, 2.45) is 0 Å². The molecule has 0 fully saturated rings. The molecule has 0 saturated heterocycles. The number of carbonyl (C=O) groups excluding carboxylic acids is 7. The molecule has 0 aliphatic heterocycles. The summed E-state index contributed by atoms with van der Waals surface area (Å²) < 4.78 is 5.62. The molecule has 2 aromatic carbocycles. The van der Waals surface area contributed by atoms with Crippen LogP contribution in [0.3, 0.4) is 0 Å². The molecule has 4 unspecified atom stereocenters. The first-order valence-electron chi connectivity index (χ1n) is 23.7. The van der Waals surface area contributed by atoms with Crippen molar-refractivity contribution in [2.75, 3.05) is 20.2 Å². The van der Waals surface area contributed by atoms with Crippen LogP contribution in [0.5, 0.6) is 0 Å². The van der Waals surface area contributed by atoms with E-state index in [4.69, 9.17) is 14.9 Å². The molecule has 0 bridgehead atoms. The minimum absolute atomic E-state index is 0.0641. The molecule has 5 rings (SSSR count). The van der Waals surface area contributed by atoms with Crippen molar-refractivity contribution in [3.05, 3.63) is 118 Å². The highest BCUT2D eigenvalue weighted by molar-refractivity contribution is 7.26. The van der Waals surface area contributed by atoms with Crippen molar-refractivity contribution in [2.45, 2.75) is 82.0 Å². The quantitative estimate of drug-likeness (QED) is 0.0291. The number of carbonyl (C=O) groups is 11. The number of rotatable bonds is 30. The Balaban J connectivity index is 1.10. The zero-order valence-corrected chi connectivity index (χ0v) is 44.4. The largest absolute Gasteiger partial charge is 0.481 e. The van der Waals surface area contributed by atoms with Crippen LogP contribution >= 0.6 is 34.0 Å². The average Bonchev–Trinajstić information content (AvgIpc) is 4.21. The maximum Gasteiger partial charge on any atom is 0.326 e. The van der Waals surface area contributed by atoms with Gasteiger partial charge >= 0.3 is 23.9 Å². The minimum Gasteiger partial charge on any atom is -0.481 e. The summed E-state index contributed by atoms with van der Waals surface area (Å²) in [5.74, 6) is -11.4. The summed E-state index contributed by atoms with van der Waals surface area (Å²) in [7, 11) is 1.44. The van der Waals surface area contributed by atoms with Crippen LogP contribution in [0, 0.1) is 0 Å². The van der Waals surface area contributed by atoms with Gasteiger partial charge in [0, 0.05) is 44.3 Å². The van der Waals surface area contributed by atoms with E-state index in [9.17, 15) is 63.0 Å².